The second-order valence-electron chi connectivity index (χ2n) is 6.41. The first-order chi connectivity index (χ1) is 13.2. The molecule has 0 saturated carbocycles. The Kier molecular flexibility index (Phi) is 6.49. The highest BCUT2D eigenvalue weighted by atomic mass is 16.5. The fraction of sp³-hybridized carbons (Fsp3) is 0.400. The average molecular weight is 370 g/mol. The van der Waals surface area contributed by atoms with Crippen LogP contribution in [0.5, 0.6) is 11.5 Å². The maximum atomic E-state index is 5.92. The van der Waals surface area contributed by atoms with E-state index in [2.05, 4.69) is 20.0 Å². The van der Waals surface area contributed by atoms with Crippen molar-refractivity contribution in [3.05, 3.63) is 59.5 Å². The molecular weight excluding hydrogens is 344 g/mol. The lowest BCUT2D eigenvalue weighted by molar-refractivity contribution is 0.281. The molecule has 0 amide bonds. The molecule has 27 heavy (non-hydrogen) atoms. The van der Waals surface area contributed by atoms with Crippen LogP contribution in [0.15, 0.2) is 41.4 Å². The lowest BCUT2D eigenvalue weighted by Gasteiger charge is -2.13. The van der Waals surface area contributed by atoms with Gasteiger partial charge in [0.1, 0.15) is 12.4 Å². The van der Waals surface area contributed by atoms with E-state index >= 15 is 0 Å². The number of ether oxygens (including phenoxy) is 2. The van der Waals surface area contributed by atoms with Crippen molar-refractivity contribution in [1.29, 1.82) is 0 Å². The summed E-state index contributed by atoms with van der Waals surface area (Å²) in [6, 6.07) is 6.00. The molecular formula is C20H26N4O3. The number of nitrogens with one attached hydrogen (secondary N) is 1. The molecule has 0 unspecified atom stereocenters. The number of imidazole rings is 1. The molecule has 3 aromatic rings. The maximum absolute atomic E-state index is 5.92. The number of methoxy groups -OCH3 is 1. The lowest BCUT2D eigenvalue weighted by Crippen LogP contribution is -2.16. The van der Waals surface area contributed by atoms with Gasteiger partial charge in [-0.15, -0.1) is 0 Å². The molecule has 7 heteroatoms. The SMILES string of the molecule is COc1cc(CNCCCn2ccnc2)ccc1OCc1c(C)noc1C. The van der Waals surface area contributed by atoms with Crippen LogP contribution in [0.2, 0.25) is 0 Å². The molecule has 1 N–H and O–H groups in total. The Morgan fingerprint density at radius 1 is 1.22 bits per heavy atom. The Balaban J connectivity index is 1.49. The molecule has 0 aliphatic heterocycles. The van der Waals surface area contributed by atoms with Crippen molar-refractivity contribution in [3.8, 4) is 11.5 Å². The average Bonchev–Trinajstić information content (AvgIpc) is 3.30. The van der Waals surface area contributed by atoms with Gasteiger partial charge in [-0.2, -0.15) is 0 Å². The second kappa shape index (κ2) is 9.23. The molecule has 7 nitrogen and oxygen atoms in total. The maximum Gasteiger partial charge on any atom is 0.161 e. The Hall–Kier alpha value is -2.80. The fourth-order valence-corrected chi connectivity index (χ4v) is 2.84. The standard InChI is InChI=1S/C20H26N4O3/c1-15-18(16(2)27-23-15)13-26-19-6-5-17(11-20(19)25-3)12-21-7-4-9-24-10-8-22-14-24/h5-6,8,10-11,14,21H,4,7,9,12-13H2,1-3H3. The van der Waals surface area contributed by atoms with Gasteiger partial charge in [0, 0.05) is 25.5 Å². The lowest BCUT2D eigenvalue weighted by atomic mass is 10.2. The summed E-state index contributed by atoms with van der Waals surface area (Å²) in [6.07, 6.45) is 6.67. The van der Waals surface area contributed by atoms with E-state index in [1.807, 2.05) is 44.6 Å². The number of rotatable bonds is 10. The van der Waals surface area contributed by atoms with Crippen LogP contribution in [-0.4, -0.2) is 28.4 Å². The van der Waals surface area contributed by atoms with E-state index in [0.717, 1.165) is 54.4 Å². The largest absolute Gasteiger partial charge is 0.493 e. The topological polar surface area (TPSA) is 74.3 Å². The Bertz CT molecular complexity index is 824. The monoisotopic (exact) mass is 370 g/mol. The summed E-state index contributed by atoms with van der Waals surface area (Å²) >= 11 is 0. The van der Waals surface area contributed by atoms with Crippen LogP contribution in [0.1, 0.15) is 29.0 Å². The van der Waals surface area contributed by atoms with E-state index < -0.39 is 0 Å². The molecule has 0 atom stereocenters. The first-order valence-electron chi connectivity index (χ1n) is 9.05. The minimum absolute atomic E-state index is 0.406. The highest BCUT2D eigenvalue weighted by Gasteiger charge is 2.12. The molecule has 1 aromatic carbocycles. The molecule has 0 saturated heterocycles. The summed E-state index contributed by atoms with van der Waals surface area (Å²) in [4.78, 5) is 4.04. The van der Waals surface area contributed by atoms with Crippen molar-refractivity contribution in [1.82, 2.24) is 20.0 Å². The normalized spacial score (nSPS) is 10.9. The minimum atomic E-state index is 0.406. The van der Waals surface area contributed by atoms with Gasteiger partial charge in [0.2, 0.25) is 0 Å². The van der Waals surface area contributed by atoms with Gasteiger partial charge in [0.05, 0.1) is 24.7 Å². The second-order valence-corrected chi connectivity index (χ2v) is 6.41. The first kappa shape index (κ1) is 19.0. The van der Waals surface area contributed by atoms with Crippen LogP contribution < -0.4 is 14.8 Å². The van der Waals surface area contributed by atoms with Gasteiger partial charge < -0.3 is 23.9 Å². The number of aromatic nitrogens is 3. The molecule has 0 fully saturated rings. The van der Waals surface area contributed by atoms with Crippen LogP contribution in [0.25, 0.3) is 0 Å². The number of hydrogen-bond donors (Lipinski definition) is 1. The van der Waals surface area contributed by atoms with Gasteiger partial charge >= 0.3 is 0 Å². The zero-order valence-electron chi connectivity index (χ0n) is 16.1. The van der Waals surface area contributed by atoms with Crippen LogP contribution in [0, 0.1) is 13.8 Å². The van der Waals surface area contributed by atoms with Crippen LogP contribution in [-0.2, 0) is 19.7 Å². The van der Waals surface area contributed by atoms with E-state index in [4.69, 9.17) is 14.0 Å². The van der Waals surface area contributed by atoms with Crippen molar-refractivity contribution in [2.75, 3.05) is 13.7 Å². The number of hydrogen-bond acceptors (Lipinski definition) is 6. The van der Waals surface area contributed by atoms with Crippen LogP contribution in [0.4, 0.5) is 0 Å². The van der Waals surface area contributed by atoms with Gasteiger partial charge in [-0.05, 0) is 44.5 Å². The Labute approximate surface area is 159 Å². The molecule has 0 aliphatic carbocycles. The van der Waals surface area contributed by atoms with Gasteiger partial charge in [-0.25, -0.2) is 4.98 Å². The smallest absolute Gasteiger partial charge is 0.161 e. The zero-order chi connectivity index (χ0) is 19.1. The molecule has 0 radical (unpaired) electrons. The molecule has 0 bridgehead atoms. The molecule has 144 valence electrons. The van der Waals surface area contributed by atoms with E-state index in [1.165, 1.54) is 0 Å². The minimum Gasteiger partial charge on any atom is -0.493 e. The van der Waals surface area contributed by atoms with Crippen molar-refractivity contribution in [2.24, 2.45) is 0 Å². The third kappa shape index (κ3) is 5.10. The third-order valence-electron chi connectivity index (χ3n) is 4.44. The Morgan fingerprint density at radius 2 is 2.11 bits per heavy atom. The highest BCUT2D eigenvalue weighted by Crippen LogP contribution is 2.29. The van der Waals surface area contributed by atoms with Crippen molar-refractivity contribution in [2.45, 2.75) is 40.0 Å². The summed E-state index contributed by atoms with van der Waals surface area (Å²) < 4.78 is 18.7. The van der Waals surface area contributed by atoms with Gasteiger partial charge in [-0.3, -0.25) is 0 Å². The predicted octanol–water partition coefficient (Wildman–Crippen LogP) is 3.26. The zero-order valence-corrected chi connectivity index (χ0v) is 16.1. The summed E-state index contributed by atoms with van der Waals surface area (Å²) in [5.41, 5.74) is 2.97. The van der Waals surface area contributed by atoms with Crippen LogP contribution in [0.3, 0.4) is 0 Å². The summed E-state index contributed by atoms with van der Waals surface area (Å²) in [5, 5.41) is 7.40. The third-order valence-corrected chi connectivity index (χ3v) is 4.44. The van der Waals surface area contributed by atoms with Crippen molar-refractivity contribution < 1.29 is 14.0 Å². The molecule has 0 spiro atoms. The van der Waals surface area contributed by atoms with Crippen molar-refractivity contribution >= 4 is 0 Å². The van der Waals surface area contributed by atoms with E-state index in [-0.39, 0.29) is 0 Å². The Morgan fingerprint density at radius 3 is 2.81 bits per heavy atom. The first-order valence-corrected chi connectivity index (χ1v) is 9.05. The van der Waals surface area contributed by atoms with E-state index in [9.17, 15) is 0 Å². The summed E-state index contributed by atoms with van der Waals surface area (Å²) in [7, 11) is 1.65. The molecule has 3 rings (SSSR count). The molecule has 0 aliphatic rings. The van der Waals surface area contributed by atoms with Gasteiger partial charge in [-0.1, -0.05) is 11.2 Å². The molecule has 2 heterocycles. The predicted molar refractivity (Wildman–Crippen MR) is 102 cm³/mol. The quantitative estimate of drug-likeness (QED) is 0.552. The van der Waals surface area contributed by atoms with Gasteiger partial charge in [0.15, 0.2) is 11.5 Å². The molecule has 2 aromatic heterocycles. The van der Waals surface area contributed by atoms with E-state index in [0.29, 0.717) is 12.4 Å². The number of nitrogens with zero attached hydrogens (tertiary/aromatic N) is 3. The van der Waals surface area contributed by atoms with Crippen LogP contribution >= 0.6 is 0 Å². The summed E-state index contributed by atoms with van der Waals surface area (Å²) in [5.74, 6) is 2.21. The van der Waals surface area contributed by atoms with Crippen molar-refractivity contribution in [3.63, 3.8) is 0 Å². The number of benzene rings is 1. The summed E-state index contributed by atoms with van der Waals surface area (Å²) in [6.45, 7) is 6.88. The fourth-order valence-electron chi connectivity index (χ4n) is 2.84. The highest BCUT2D eigenvalue weighted by molar-refractivity contribution is 5.43. The van der Waals surface area contributed by atoms with Gasteiger partial charge in [0.25, 0.3) is 0 Å². The number of aryl methyl sites for hydroxylation is 3. The van der Waals surface area contributed by atoms with E-state index in [1.54, 1.807) is 13.3 Å².